The van der Waals surface area contributed by atoms with E-state index < -0.39 is 0 Å². The average molecular weight is 402 g/mol. The molecule has 0 atom stereocenters. The molecular formula is C24H27N5O. The number of aromatic nitrogens is 2. The van der Waals surface area contributed by atoms with Gasteiger partial charge in [-0.05, 0) is 30.8 Å². The first-order valence-corrected chi connectivity index (χ1v) is 10.6. The van der Waals surface area contributed by atoms with E-state index in [4.69, 9.17) is 4.74 Å². The van der Waals surface area contributed by atoms with E-state index in [0.29, 0.717) is 6.61 Å². The fourth-order valence-electron chi connectivity index (χ4n) is 4.14. The Morgan fingerprint density at radius 2 is 1.87 bits per heavy atom. The molecule has 0 bridgehead atoms. The largest absolute Gasteiger partial charge is 0.489 e. The topological polar surface area (TPSA) is 53.5 Å². The summed E-state index contributed by atoms with van der Waals surface area (Å²) in [6, 6.07) is 12.7. The molecule has 6 nitrogen and oxygen atoms in total. The van der Waals surface area contributed by atoms with E-state index in [-0.39, 0.29) is 0 Å². The molecule has 0 saturated carbocycles. The molecule has 1 aromatic carbocycles. The molecule has 0 amide bonds. The number of likely N-dealkylation sites (N-methyl/N-ethyl adjacent to an activating group) is 1. The molecule has 1 N–H and O–H groups in total. The number of pyridine rings is 2. The summed E-state index contributed by atoms with van der Waals surface area (Å²) < 4.78 is 5.94. The number of ether oxygens (including phenoxy) is 1. The second kappa shape index (κ2) is 8.42. The molecule has 30 heavy (non-hydrogen) atoms. The van der Waals surface area contributed by atoms with E-state index in [9.17, 15) is 0 Å². The standard InChI is InChI=1S/C24H27N5O/c1-28-10-12-29(13-11-28)17-18-4-6-20(7-5-18)27-24-23-21(8-14-30-23)22(16-26-24)19-3-2-9-25-15-19/h2-7,9,15-16H,8,10-14,17H2,1H3,(H,26,27). The molecule has 6 heteroatoms. The molecule has 0 spiro atoms. The number of hydrogen-bond donors (Lipinski definition) is 1. The Kier molecular flexibility index (Phi) is 5.34. The predicted molar refractivity (Wildman–Crippen MR) is 119 cm³/mol. The van der Waals surface area contributed by atoms with Crippen LogP contribution in [-0.4, -0.2) is 59.6 Å². The third-order valence-corrected chi connectivity index (χ3v) is 5.93. The maximum Gasteiger partial charge on any atom is 0.173 e. The van der Waals surface area contributed by atoms with Gasteiger partial charge < -0.3 is 15.0 Å². The fraction of sp³-hybridized carbons (Fsp3) is 0.333. The minimum Gasteiger partial charge on any atom is -0.489 e. The van der Waals surface area contributed by atoms with E-state index in [1.54, 1.807) is 6.20 Å². The van der Waals surface area contributed by atoms with Crippen LogP contribution in [0.1, 0.15) is 11.1 Å². The first-order chi connectivity index (χ1) is 14.8. The van der Waals surface area contributed by atoms with Gasteiger partial charge in [0, 0.05) is 80.1 Å². The van der Waals surface area contributed by atoms with Crippen molar-refractivity contribution in [2.75, 3.05) is 45.2 Å². The van der Waals surface area contributed by atoms with Crippen molar-refractivity contribution in [3.05, 3.63) is 66.1 Å². The number of nitrogens with one attached hydrogen (secondary N) is 1. The van der Waals surface area contributed by atoms with Crippen LogP contribution in [0.3, 0.4) is 0 Å². The Morgan fingerprint density at radius 3 is 2.63 bits per heavy atom. The number of hydrogen-bond acceptors (Lipinski definition) is 6. The molecule has 3 aromatic rings. The van der Waals surface area contributed by atoms with Crippen molar-refractivity contribution >= 4 is 11.5 Å². The van der Waals surface area contributed by atoms with Crippen LogP contribution in [0.4, 0.5) is 11.5 Å². The van der Waals surface area contributed by atoms with Gasteiger partial charge in [-0.15, -0.1) is 0 Å². The van der Waals surface area contributed by atoms with E-state index in [1.165, 1.54) is 11.1 Å². The Bertz CT molecular complexity index is 998. The Labute approximate surface area is 177 Å². The van der Waals surface area contributed by atoms with Crippen molar-refractivity contribution in [2.45, 2.75) is 13.0 Å². The monoisotopic (exact) mass is 401 g/mol. The summed E-state index contributed by atoms with van der Waals surface area (Å²) in [5.41, 5.74) is 5.74. The van der Waals surface area contributed by atoms with Gasteiger partial charge >= 0.3 is 0 Å². The zero-order valence-electron chi connectivity index (χ0n) is 17.3. The van der Waals surface area contributed by atoms with E-state index in [0.717, 1.165) is 67.5 Å². The first-order valence-electron chi connectivity index (χ1n) is 10.6. The van der Waals surface area contributed by atoms with Gasteiger partial charge in [0.15, 0.2) is 11.6 Å². The number of piperazine rings is 1. The number of rotatable bonds is 5. The second-order valence-electron chi connectivity index (χ2n) is 8.07. The Morgan fingerprint density at radius 1 is 1.03 bits per heavy atom. The maximum absolute atomic E-state index is 5.94. The van der Waals surface area contributed by atoms with Crippen molar-refractivity contribution in [3.8, 4) is 16.9 Å². The predicted octanol–water partition coefficient (Wildman–Crippen LogP) is 3.57. The zero-order chi connectivity index (χ0) is 20.3. The van der Waals surface area contributed by atoms with Crippen LogP contribution in [0.5, 0.6) is 5.75 Å². The minimum atomic E-state index is 0.687. The normalized spacial score (nSPS) is 16.8. The molecule has 2 aromatic heterocycles. The molecule has 5 rings (SSSR count). The molecule has 2 aliphatic rings. The lowest BCUT2D eigenvalue weighted by Crippen LogP contribution is -2.43. The second-order valence-corrected chi connectivity index (χ2v) is 8.07. The van der Waals surface area contributed by atoms with E-state index in [1.807, 2.05) is 18.5 Å². The molecule has 1 fully saturated rings. The van der Waals surface area contributed by atoms with E-state index >= 15 is 0 Å². The van der Waals surface area contributed by atoms with Gasteiger partial charge in [-0.1, -0.05) is 18.2 Å². The van der Waals surface area contributed by atoms with Gasteiger partial charge in [0.25, 0.3) is 0 Å². The minimum absolute atomic E-state index is 0.687. The summed E-state index contributed by atoms with van der Waals surface area (Å²) in [5.74, 6) is 1.64. The van der Waals surface area contributed by atoms with Crippen LogP contribution in [0.2, 0.25) is 0 Å². The van der Waals surface area contributed by atoms with Gasteiger partial charge in [0.05, 0.1) is 6.61 Å². The summed E-state index contributed by atoms with van der Waals surface area (Å²) in [7, 11) is 2.19. The number of anilines is 2. The smallest absolute Gasteiger partial charge is 0.173 e. The van der Waals surface area contributed by atoms with Crippen LogP contribution in [-0.2, 0) is 13.0 Å². The van der Waals surface area contributed by atoms with Crippen molar-refractivity contribution in [2.24, 2.45) is 0 Å². The fourth-order valence-corrected chi connectivity index (χ4v) is 4.14. The van der Waals surface area contributed by atoms with Crippen LogP contribution in [0.25, 0.3) is 11.1 Å². The lowest BCUT2D eigenvalue weighted by Gasteiger charge is -2.32. The van der Waals surface area contributed by atoms with Gasteiger partial charge in [0.1, 0.15) is 0 Å². The summed E-state index contributed by atoms with van der Waals surface area (Å²) in [4.78, 5) is 13.8. The summed E-state index contributed by atoms with van der Waals surface area (Å²) >= 11 is 0. The maximum atomic E-state index is 5.94. The third-order valence-electron chi connectivity index (χ3n) is 5.93. The molecular weight excluding hydrogens is 374 g/mol. The number of benzene rings is 1. The highest BCUT2D eigenvalue weighted by Crippen LogP contribution is 2.39. The summed E-state index contributed by atoms with van der Waals surface area (Å²) in [5, 5.41) is 3.45. The summed E-state index contributed by atoms with van der Waals surface area (Å²) in [6.45, 7) is 6.24. The Hall–Kier alpha value is -2.96. The van der Waals surface area contributed by atoms with Crippen molar-refractivity contribution < 1.29 is 4.74 Å². The van der Waals surface area contributed by atoms with Gasteiger partial charge in [-0.25, -0.2) is 4.98 Å². The van der Waals surface area contributed by atoms with Crippen LogP contribution in [0.15, 0.2) is 55.0 Å². The van der Waals surface area contributed by atoms with Gasteiger partial charge in [-0.2, -0.15) is 0 Å². The molecule has 1 saturated heterocycles. The average Bonchev–Trinajstić information content (AvgIpc) is 3.28. The SMILES string of the molecule is CN1CCN(Cc2ccc(Nc3ncc(-c4cccnc4)c4c3OCC4)cc2)CC1. The molecule has 0 aliphatic carbocycles. The van der Waals surface area contributed by atoms with Crippen molar-refractivity contribution in [1.82, 2.24) is 19.8 Å². The van der Waals surface area contributed by atoms with Crippen molar-refractivity contribution in [1.29, 1.82) is 0 Å². The molecule has 154 valence electrons. The Balaban J connectivity index is 1.31. The van der Waals surface area contributed by atoms with Crippen molar-refractivity contribution in [3.63, 3.8) is 0 Å². The lowest BCUT2D eigenvalue weighted by atomic mass is 10.0. The highest BCUT2D eigenvalue weighted by Gasteiger charge is 2.22. The number of nitrogens with zero attached hydrogens (tertiary/aromatic N) is 4. The van der Waals surface area contributed by atoms with Gasteiger partial charge in [0.2, 0.25) is 0 Å². The molecule has 0 radical (unpaired) electrons. The van der Waals surface area contributed by atoms with Gasteiger partial charge in [-0.3, -0.25) is 9.88 Å². The first kappa shape index (κ1) is 19.0. The molecule has 4 heterocycles. The number of fused-ring (bicyclic) bond motifs is 1. The zero-order valence-corrected chi connectivity index (χ0v) is 17.3. The van der Waals surface area contributed by atoms with Crippen LogP contribution >= 0.6 is 0 Å². The highest BCUT2D eigenvalue weighted by molar-refractivity contribution is 5.75. The summed E-state index contributed by atoms with van der Waals surface area (Å²) in [6.07, 6.45) is 6.48. The molecule has 0 unspecified atom stereocenters. The van der Waals surface area contributed by atoms with E-state index in [2.05, 4.69) is 62.5 Å². The molecule has 2 aliphatic heterocycles. The lowest BCUT2D eigenvalue weighted by molar-refractivity contribution is 0.148. The third kappa shape index (κ3) is 4.01. The van der Waals surface area contributed by atoms with Crippen LogP contribution in [0, 0.1) is 0 Å². The van der Waals surface area contributed by atoms with Crippen LogP contribution < -0.4 is 10.1 Å². The quantitative estimate of drug-likeness (QED) is 0.705. The highest BCUT2D eigenvalue weighted by atomic mass is 16.5.